The Labute approximate surface area is 230 Å². The van der Waals surface area contributed by atoms with Gasteiger partial charge in [0.1, 0.15) is 12.1 Å². The number of rotatable bonds is 4. The highest BCUT2D eigenvalue weighted by molar-refractivity contribution is 5.96. The van der Waals surface area contributed by atoms with E-state index in [0.29, 0.717) is 24.7 Å². The molecule has 0 unspecified atom stereocenters. The molecular weight excluding hydrogens is 484 g/mol. The van der Waals surface area contributed by atoms with Crippen molar-refractivity contribution in [3.05, 3.63) is 94.5 Å². The van der Waals surface area contributed by atoms with E-state index in [9.17, 15) is 15.3 Å². The Morgan fingerprint density at radius 1 is 0.692 bits per heavy atom. The molecule has 2 heterocycles. The van der Waals surface area contributed by atoms with Gasteiger partial charge in [-0.25, -0.2) is 0 Å². The largest absolute Gasteiger partial charge is 0.368 e. The number of fused-ring (bicyclic) bond motifs is 1. The third-order valence-electron chi connectivity index (χ3n) is 8.52. The van der Waals surface area contributed by atoms with Gasteiger partial charge < -0.3 is 14.7 Å². The van der Waals surface area contributed by atoms with Crippen LogP contribution in [0.5, 0.6) is 0 Å². The van der Waals surface area contributed by atoms with Gasteiger partial charge in [-0.3, -0.25) is 9.69 Å². The number of amides is 1. The van der Waals surface area contributed by atoms with Gasteiger partial charge in [-0.05, 0) is 54.3 Å². The van der Waals surface area contributed by atoms with Crippen molar-refractivity contribution in [2.24, 2.45) is 0 Å². The number of anilines is 2. The molecule has 0 aromatic heterocycles. The summed E-state index contributed by atoms with van der Waals surface area (Å²) in [5, 5.41) is 19.0. The van der Waals surface area contributed by atoms with Gasteiger partial charge in [-0.1, -0.05) is 36.4 Å². The molecule has 3 aromatic carbocycles. The summed E-state index contributed by atoms with van der Waals surface area (Å²) in [5.41, 5.74) is 6.75. The molecule has 1 amide bonds. The Bertz CT molecular complexity index is 1450. The van der Waals surface area contributed by atoms with E-state index in [1.807, 2.05) is 65.6 Å². The summed E-state index contributed by atoms with van der Waals surface area (Å²) in [6, 6.07) is 26.7. The van der Waals surface area contributed by atoms with Gasteiger partial charge in [-0.15, -0.1) is 0 Å². The van der Waals surface area contributed by atoms with Crippen LogP contribution >= 0.6 is 0 Å². The van der Waals surface area contributed by atoms with Crippen molar-refractivity contribution in [2.75, 3.05) is 62.2 Å². The number of para-hydroxylation sites is 2. The van der Waals surface area contributed by atoms with Crippen LogP contribution in [-0.2, 0) is 6.42 Å². The predicted molar refractivity (Wildman–Crippen MR) is 152 cm³/mol. The zero-order chi connectivity index (χ0) is 26.8. The normalized spacial score (nSPS) is 19.3. The molecule has 1 atom stereocenters. The first-order chi connectivity index (χ1) is 19.2. The Morgan fingerprint density at radius 2 is 1.26 bits per heavy atom. The van der Waals surface area contributed by atoms with E-state index in [2.05, 4.69) is 32.9 Å². The first kappa shape index (κ1) is 25.0. The van der Waals surface area contributed by atoms with E-state index in [1.54, 1.807) is 0 Å². The minimum atomic E-state index is 0.124. The third kappa shape index (κ3) is 4.71. The topological polar surface area (TPSA) is 77.6 Å². The molecule has 2 fully saturated rings. The van der Waals surface area contributed by atoms with Crippen molar-refractivity contribution in [1.29, 1.82) is 10.5 Å². The summed E-state index contributed by atoms with van der Waals surface area (Å²) < 4.78 is 0. The number of benzene rings is 3. The highest BCUT2D eigenvalue weighted by Gasteiger charge is 2.34. The molecule has 7 nitrogen and oxygen atoms in total. The molecule has 0 spiro atoms. The summed E-state index contributed by atoms with van der Waals surface area (Å²) in [7, 11) is 0. The Morgan fingerprint density at radius 3 is 1.85 bits per heavy atom. The van der Waals surface area contributed by atoms with E-state index >= 15 is 0 Å². The summed E-state index contributed by atoms with van der Waals surface area (Å²) >= 11 is 0. The Balaban J connectivity index is 1.12. The van der Waals surface area contributed by atoms with Crippen LogP contribution in [0.4, 0.5) is 11.4 Å². The molecule has 7 heteroatoms. The van der Waals surface area contributed by atoms with Gasteiger partial charge in [0.05, 0.1) is 22.5 Å². The highest BCUT2D eigenvalue weighted by atomic mass is 16.2. The number of hydrogen-bond donors (Lipinski definition) is 0. The molecule has 0 N–H and O–H groups in total. The fourth-order valence-corrected chi connectivity index (χ4v) is 6.50. The average Bonchev–Trinajstić information content (AvgIpc) is 3.45. The number of carbonyl (C=O) groups excluding carboxylic acids is 1. The van der Waals surface area contributed by atoms with Crippen LogP contribution in [0.15, 0.2) is 66.7 Å². The Hall–Kier alpha value is -4.33. The minimum Gasteiger partial charge on any atom is -0.368 e. The predicted octanol–water partition coefficient (Wildman–Crippen LogP) is 4.20. The van der Waals surface area contributed by atoms with Gasteiger partial charge in [0, 0.05) is 64.0 Å². The lowest BCUT2D eigenvalue weighted by Gasteiger charge is -2.39. The van der Waals surface area contributed by atoms with Crippen LogP contribution in [0, 0.1) is 22.7 Å². The van der Waals surface area contributed by atoms with Gasteiger partial charge in [-0.2, -0.15) is 10.5 Å². The lowest BCUT2D eigenvalue weighted by Crippen LogP contribution is -2.49. The molecule has 39 heavy (non-hydrogen) atoms. The second-order valence-electron chi connectivity index (χ2n) is 10.5. The molecule has 2 aliphatic heterocycles. The van der Waals surface area contributed by atoms with Gasteiger partial charge in [0.25, 0.3) is 5.91 Å². The molecule has 6 rings (SSSR count). The number of hydrogen-bond acceptors (Lipinski definition) is 6. The second-order valence-corrected chi connectivity index (χ2v) is 10.5. The first-order valence-corrected chi connectivity index (χ1v) is 13.8. The van der Waals surface area contributed by atoms with E-state index < -0.39 is 0 Å². The second kappa shape index (κ2) is 10.8. The molecule has 0 saturated carbocycles. The van der Waals surface area contributed by atoms with Crippen molar-refractivity contribution >= 4 is 17.3 Å². The maximum atomic E-state index is 13.7. The smallest absolute Gasteiger partial charge is 0.254 e. The zero-order valence-electron chi connectivity index (χ0n) is 22.1. The monoisotopic (exact) mass is 516 g/mol. The maximum absolute atomic E-state index is 13.7. The van der Waals surface area contributed by atoms with Crippen molar-refractivity contribution < 1.29 is 4.79 Å². The molecule has 2 saturated heterocycles. The van der Waals surface area contributed by atoms with Crippen molar-refractivity contribution in [3.8, 4) is 12.1 Å². The van der Waals surface area contributed by atoms with Crippen molar-refractivity contribution in [2.45, 2.75) is 18.9 Å². The van der Waals surface area contributed by atoms with Crippen LogP contribution in [0.1, 0.15) is 45.1 Å². The summed E-state index contributed by atoms with van der Waals surface area (Å²) in [4.78, 5) is 22.7. The van der Waals surface area contributed by atoms with Gasteiger partial charge in [0.15, 0.2) is 0 Å². The quantitative estimate of drug-likeness (QED) is 0.517. The summed E-state index contributed by atoms with van der Waals surface area (Å²) in [5.74, 6) is 0.124. The zero-order valence-corrected chi connectivity index (χ0v) is 22.1. The van der Waals surface area contributed by atoms with E-state index in [-0.39, 0.29) is 5.91 Å². The molecule has 0 bridgehead atoms. The Kier molecular flexibility index (Phi) is 6.92. The minimum absolute atomic E-state index is 0.124. The van der Waals surface area contributed by atoms with Crippen LogP contribution in [0.25, 0.3) is 0 Å². The molecule has 0 radical (unpaired) electrons. The summed E-state index contributed by atoms with van der Waals surface area (Å²) in [6.45, 7) is 6.41. The molecular formula is C32H32N6O. The fraction of sp³-hybridized carbons (Fsp3) is 0.344. The van der Waals surface area contributed by atoms with Crippen molar-refractivity contribution in [3.63, 3.8) is 0 Å². The average molecular weight is 517 g/mol. The van der Waals surface area contributed by atoms with Gasteiger partial charge in [0.2, 0.25) is 0 Å². The molecule has 3 aliphatic rings. The van der Waals surface area contributed by atoms with Crippen LogP contribution < -0.4 is 9.80 Å². The van der Waals surface area contributed by atoms with E-state index in [4.69, 9.17) is 0 Å². The summed E-state index contributed by atoms with van der Waals surface area (Å²) in [6.07, 6.45) is 1.96. The fourth-order valence-electron chi connectivity index (χ4n) is 6.50. The number of piperazine rings is 2. The van der Waals surface area contributed by atoms with Crippen molar-refractivity contribution in [1.82, 2.24) is 9.80 Å². The molecule has 196 valence electrons. The third-order valence-corrected chi connectivity index (χ3v) is 8.52. The number of carbonyl (C=O) groups is 1. The number of nitrogens with zero attached hydrogens (tertiary/aromatic N) is 6. The highest BCUT2D eigenvalue weighted by Crippen LogP contribution is 2.39. The maximum Gasteiger partial charge on any atom is 0.254 e. The lowest BCUT2D eigenvalue weighted by atomic mass is 10.00. The van der Waals surface area contributed by atoms with Crippen LogP contribution in [0.2, 0.25) is 0 Å². The standard InChI is InChI=1S/C32H32N6O/c33-22-24-6-1-3-10-29(24)35-14-16-37(17-15-35)31-13-12-26-27(31)8-5-9-28(26)32(39)38-20-18-36(19-21-38)30-11-4-2-7-25(30)23-34/h1-11,31H,12-21H2/t31-/m1/s1. The van der Waals surface area contributed by atoms with E-state index in [0.717, 1.165) is 74.6 Å². The van der Waals surface area contributed by atoms with Crippen LogP contribution in [0.3, 0.4) is 0 Å². The van der Waals surface area contributed by atoms with Crippen LogP contribution in [-0.4, -0.2) is 68.1 Å². The van der Waals surface area contributed by atoms with Gasteiger partial charge >= 0.3 is 0 Å². The number of nitriles is 2. The molecule has 1 aliphatic carbocycles. The molecule has 3 aromatic rings. The lowest BCUT2D eigenvalue weighted by molar-refractivity contribution is 0.0745. The van der Waals surface area contributed by atoms with E-state index in [1.165, 1.54) is 11.1 Å². The SMILES string of the molecule is N#Cc1ccccc1N1CCN(C(=O)c2cccc3c2CC[C@H]3N2CCN(c3ccccc3C#N)CC2)CC1. The first-order valence-electron chi connectivity index (χ1n) is 13.8.